The molecule has 2 amide bonds. The number of carboxylic acids is 1. The van der Waals surface area contributed by atoms with E-state index < -0.39 is 24.0 Å². The molecule has 0 spiro atoms. The minimum absolute atomic E-state index is 0.261. The Balaban J connectivity index is 2.17. The summed E-state index contributed by atoms with van der Waals surface area (Å²) in [5.41, 5.74) is 2.38. The van der Waals surface area contributed by atoms with Crippen LogP contribution in [0.3, 0.4) is 0 Å². The van der Waals surface area contributed by atoms with Crippen LogP contribution in [0.25, 0.3) is 0 Å². The molecule has 136 valence electrons. The van der Waals surface area contributed by atoms with Crippen LogP contribution < -0.4 is 10.6 Å². The lowest BCUT2D eigenvalue weighted by Crippen LogP contribution is -2.51. The normalized spacial score (nSPS) is 12.7. The van der Waals surface area contributed by atoms with Crippen LogP contribution in [0.2, 0.25) is 0 Å². The fraction of sp³-hybridized carbons (Fsp3) is 0.250. The second-order valence-corrected chi connectivity index (χ2v) is 6.15. The van der Waals surface area contributed by atoms with Gasteiger partial charge in [0.05, 0.1) is 0 Å². The smallest absolute Gasteiger partial charge is 0.325 e. The van der Waals surface area contributed by atoms with E-state index in [1.54, 1.807) is 30.3 Å². The number of nitrogens with one attached hydrogen (secondary N) is 2. The Morgan fingerprint density at radius 2 is 1.58 bits per heavy atom. The van der Waals surface area contributed by atoms with Crippen molar-refractivity contribution in [1.29, 1.82) is 0 Å². The average Bonchev–Trinajstić information content (AvgIpc) is 2.63. The number of benzene rings is 2. The van der Waals surface area contributed by atoms with Gasteiger partial charge >= 0.3 is 5.97 Å². The van der Waals surface area contributed by atoms with Gasteiger partial charge in [-0.25, -0.2) is 0 Å². The zero-order valence-corrected chi connectivity index (χ0v) is 14.7. The fourth-order valence-corrected chi connectivity index (χ4v) is 2.38. The number of aryl methyl sites for hydroxylation is 1. The first-order valence-electron chi connectivity index (χ1n) is 8.31. The molecule has 2 atom stereocenters. The molecule has 0 aliphatic rings. The molecular formula is C20H22N2O4. The highest BCUT2D eigenvalue weighted by Crippen LogP contribution is 2.08. The molecule has 0 aliphatic carbocycles. The molecule has 26 heavy (non-hydrogen) atoms. The van der Waals surface area contributed by atoms with Crippen molar-refractivity contribution in [1.82, 2.24) is 10.6 Å². The SMILES string of the molecule is Cc1ccc(C[C@@H](NC(=O)c2ccccc2)C(=O)N[C@@H](C)C(=O)O)cc1. The van der Waals surface area contributed by atoms with Crippen molar-refractivity contribution < 1.29 is 19.5 Å². The average molecular weight is 354 g/mol. The van der Waals surface area contributed by atoms with E-state index in [1.165, 1.54) is 6.92 Å². The summed E-state index contributed by atoms with van der Waals surface area (Å²) in [4.78, 5) is 35.9. The molecule has 0 fully saturated rings. The largest absolute Gasteiger partial charge is 0.480 e. The summed E-state index contributed by atoms with van der Waals surface area (Å²) in [5.74, 6) is -2.06. The van der Waals surface area contributed by atoms with Crippen LogP contribution in [0.5, 0.6) is 0 Å². The molecule has 0 aromatic heterocycles. The molecule has 3 N–H and O–H groups in total. The highest BCUT2D eigenvalue weighted by atomic mass is 16.4. The van der Waals surface area contributed by atoms with Crippen LogP contribution in [0.1, 0.15) is 28.4 Å². The first-order valence-corrected chi connectivity index (χ1v) is 8.31. The molecule has 6 heteroatoms. The van der Waals surface area contributed by atoms with Crippen molar-refractivity contribution in [2.24, 2.45) is 0 Å². The van der Waals surface area contributed by atoms with E-state index in [0.717, 1.165) is 11.1 Å². The molecule has 0 aliphatic heterocycles. The monoisotopic (exact) mass is 354 g/mol. The number of carbonyl (C=O) groups is 3. The lowest BCUT2D eigenvalue weighted by molar-refractivity contribution is -0.141. The summed E-state index contributed by atoms with van der Waals surface area (Å²) in [6.45, 7) is 3.34. The second-order valence-electron chi connectivity index (χ2n) is 6.15. The van der Waals surface area contributed by atoms with E-state index in [1.807, 2.05) is 31.2 Å². The third-order valence-electron chi connectivity index (χ3n) is 3.95. The van der Waals surface area contributed by atoms with Gasteiger partial charge in [-0.15, -0.1) is 0 Å². The third-order valence-corrected chi connectivity index (χ3v) is 3.95. The van der Waals surface area contributed by atoms with Crippen LogP contribution in [-0.2, 0) is 16.0 Å². The summed E-state index contributed by atoms with van der Waals surface area (Å²) in [7, 11) is 0. The Morgan fingerprint density at radius 3 is 2.15 bits per heavy atom. The van der Waals surface area contributed by atoms with Crippen molar-refractivity contribution in [3.05, 3.63) is 71.3 Å². The maximum atomic E-state index is 12.5. The predicted octanol–water partition coefficient (Wildman–Crippen LogP) is 1.93. The van der Waals surface area contributed by atoms with Gasteiger partial charge in [-0.2, -0.15) is 0 Å². The molecule has 0 unspecified atom stereocenters. The number of carboxylic acid groups (broad SMARTS) is 1. The quantitative estimate of drug-likeness (QED) is 0.708. The van der Waals surface area contributed by atoms with Gasteiger partial charge in [0.15, 0.2) is 0 Å². The van der Waals surface area contributed by atoms with Gasteiger partial charge in [0.25, 0.3) is 5.91 Å². The van der Waals surface area contributed by atoms with Gasteiger partial charge in [0.1, 0.15) is 12.1 Å². The molecule has 2 rings (SSSR count). The number of carbonyl (C=O) groups excluding carboxylic acids is 2. The minimum Gasteiger partial charge on any atom is -0.480 e. The van der Waals surface area contributed by atoms with Crippen LogP contribution in [-0.4, -0.2) is 35.0 Å². The molecule has 2 aromatic rings. The van der Waals surface area contributed by atoms with Crippen LogP contribution >= 0.6 is 0 Å². The summed E-state index contributed by atoms with van der Waals surface area (Å²) < 4.78 is 0. The van der Waals surface area contributed by atoms with E-state index in [4.69, 9.17) is 5.11 Å². The molecule has 2 aromatic carbocycles. The summed E-state index contributed by atoms with van der Waals surface area (Å²) in [6.07, 6.45) is 0.261. The molecule has 0 saturated carbocycles. The van der Waals surface area contributed by atoms with Crippen molar-refractivity contribution in [2.75, 3.05) is 0 Å². The fourth-order valence-electron chi connectivity index (χ4n) is 2.38. The first-order chi connectivity index (χ1) is 12.4. The Bertz CT molecular complexity index is 772. The minimum atomic E-state index is -1.14. The lowest BCUT2D eigenvalue weighted by atomic mass is 10.0. The van der Waals surface area contributed by atoms with Crippen LogP contribution in [0.15, 0.2) is 54.6 Å². The van der Waals surface area contributed by atoms with Gasteiger partial charge in [-0.3, -0.25) is 14.4 Å². The Morgan fingerprint density at radius 1 is 0.962 bits per heavy atom. The third kappa shape index (κ3) is 5.44. The number of hydrogen-bond donors (Lipinski definition) is 3. The van der Waals surface area contributed by atoms with E-state index in [-0.39, 0.29) is 12.3 Å². The summed E-state index contributed by atoms with van der Waals surface area (Å²) in [6, 6.07) is 14.2. The summed E-state index contributed by atoms with van der Waals surface area (Å²) >= 11 is 0. The highest BCUT2D eigenvalue weighted by molar-refractivity contribution is 5.98. The van der Waals surface area contributed by atoms with Crippen LogP contribution in [0, 0.1) is 6.92 Å². The zero-order chi connectivity index (χ0) is 19.1. The number of hydrogen-bond acceptors (Lipinski definition) is 3. The van der Waals surface area contributed by atoms with Gasteiger partial charge in [0, 0.05) is 12.0 Å². The lowest BCUT2D eigenvalue weighted by Gasteiger charge is -2.20. The predicted molar refractivity (Wildman–Crippen MR) is 97.8 cm³/mol. The number of aliphatic carboxylic acids is 1. The first kappa shape index (κ1) is 19.2. The van der Waals surface area contributed by atoms with E-state index in [9.17, 15) is 14.4 Å². The molecule has 0 saturated heterocycles. The van der Waals surface area contributed by atoms with Gasteiger partial charge in [-0.05, 0) is 31.5 Å². The molecular weight excluding hydrogens is 332 g/mol. The van der Waals surface area contributed by atoms with E-state index in [0.29, 0.717) is 5.56 Å². The molecule has 0 heterocycles. The molecule has 0 radical (unpaired) electrons. The topological polar surface area (TPSA) is 95.5 Å². The Labute approximate surface area is 152 Å². The second kappa shape index (κ2) is 8.80. The van der Waals surface area contributed by atoms with Gasteiger partial charge < -0.3 is 15.7 Å². The van der Waals surface area contributed by atoms with Crippen LogP contribution in [0.4, 0.5) is 0 Å². The van der Waals surface area contributed by atoms with Crippen molar-refractivity contribution in [3.63, 3.8) is 0 Å². The van der Waals surface area contributed by atoms with Crippen molar-refractivity contribution >= 4 is 17.8 Å². The maximum Gasteiger partial charge on any atom is 0.325 e. The van der Waals surface area contributed by atoms with Gasteiger partial charge in [0.2, 0.25) is 5.91 Å². The number of amides is 2. The van der Waals surface area contributed by atoms with Crippen molar-refractivity contribution in [3.8, 4) is 0 Å². The molecule has 6 nitrogen and oxygen atoms in total. The van der Waals surface area contributed by atoms with E-state index in [2.05, 4.69) is 10.6 Å². The summed E-state index contributed by atoms with van der Waals surface area (Å²) in [5, 5.41) is 14.1. The zero-order valence-electron chi connectivity index (χ0n) is 14.7. The number of rotatable bonds is 7. The highest BCUT2D eigenvalue weighted by Gasteiger charge is 2.25. The van der Waals surface area contributed by atoms with E-state index >= 15 is 0 Å². The van der Waals surface area contributed by atoms with Gasteiger partial charge in [-0.1, -0.05) is 48.0 Å². The Kier molecular flexibility index (Phi) is 6.49. The standard InChI is InChI=1S/C20H22N2O4/c1-13-8-10-15(11-9-13)12-17(19(24)21-14(2)20(25)26)22-18(23)16-6-4-3-5-7-16/h3-11,14,17H,12H2,1-2H3,(H,21,24)(H,22,23)(H,25,26)/t14-,17+/m0/s1. The Hall–Kier alpha value is -3.15. The molecule has 0 bridgehead atoms. The van der Waals surface area contributed by atoms with Crippen molar-refractivity contribution in [2.45, 2.75) is 32.4 Å². The maximum absolute atomic E-state index is 12.5.